The van der Waals surface area contributed by atoms with Crippen molar-refractivity contribution >= 4 is 33.9 Å². The molecule has 108 valence electrons. The number of hydrogen-bond acceptors (Lipinski definition) is 3. The molecule has 1 rings (SSSR count). The van der Waals surface area contributed by atoms with E-state index in [2.05, 4.69) is 20.7 Å². The van der Waals surface area contributed by atoms with Gasteiger partial charge in [-0.15, -0.1) is 0 Å². The quantitative estimate of drug-likeness (QED) is 0.609. The van der Waals surface area contributed by atoms with E-state index >= 15 is 0 Å². The van der Waals surface area contributed by atoms with Gasteiger partial charge in [0.05, 0.1) is 7.11 Å². The van der Waals surface area contributed by atoms with Crippen LogP contribution < -0.4 is 0 Å². The van der Waals surface area contributed by atoms with E-state index in [4.69, 9.17) is 0 Å². The van der Waals surface area contributed by atoms with Crippen LogP contribution in [0, 0.1) is 5.82 Å². The fourth-order valence-corrected chi connectivity index (χ4v) is 1.85. The maximum absolute atomic E-state index is 13.5. The van der Waals surface area contributed by atoms with Crippen molar-refractivity contribution < 1.29 is 18.7 Å². The molecule has 0 heterocycles. The molecule has 0 bridgehead atoms. The Bertz CT molecular complexity index is 531. The minimum absolute atomic E-state index is 0.128. The molecule has 0 aliphatic carbocycles. The SMILES string of the molecule is CCN(CC(=O)OC)C(=O)C=Cc1cc(Br)ccc1F. The average Bonchev–Trinajstić information content (AvgIpc) is 2.44. The number of nitrogens with zero attached hydrogens (tertiary/aromatic N) is 1. The molecule has 0 spiro atoms. The Balaban J connectivity index is 2.79. The number of halogens is 2. The van der Waals surface area contributed by atoms with Crippen molar-refractivity contribution in [3.05, 3.63) is 40.1 Å². The topological polar surface area (TPSA) is 46.6 Å². The lowest BCUT2D eigenvalue weighted by molar-refractivity contribution is -0.145. The van der Waals surface area contributed by atoms with Gasteiger partial charge in [-0.3, -0.25) is 9.59 Å². The van der Waals surface area contributed by atoms with Crippen LogP contribution in [-0.2, 0) is 14.3 Å². The van der Waals surface area contributed by atoms with Crippen molar-refractivity contribution in [2.24, 2.45) is 0 Å². The summed E-state index contributed by atoms with van der Waals surface area (Å²) in [6.07, 6.45) is 2.61. The molecular formula is C14H15BrFNO3. The molecular weight excluding hydrogens is 329 g/mol. The fourth-order valence-electron chi connectivity index (χ4n) is 1.47. The molecule has 1 aromatic rings. The molecule has 0 aromatic heterocycles. The second-order valence-corrected chi connectivity index (χ2v) is 4.84. The number of ether oxygens (including phenoxy) is 1. The molecule has 0 atom stereocenters. The molecule has 20 heavy (non-hydrogen) atoms. The zero-order chi connectivity index (χ0) is 15.1. The lowest BCUT2D eigenvalue weighted by Gasteiger charge is -2.17. The first-order valence-corrected chi connectivity index (χ1v) is 6.76. The summed E-state index contributed by atoms with van der Waals surface area (Å²) in [5, 5.41) is 0. The van der Waals surface area contributed by atoms with Crippen LogP contribution in [-0.4, -0.2) is 37.0 Å². The number of amides is 1. The number of carbonyl (C=O) groups excluding carboxylic acids is 2. The van der Waals surface area contributed by atoms with Gasteiger partial charge in [0.25, 0.3) is 0 Å². The van der Waals surface area contributed by atoms with Gasteiger partial charge in [0.1, 0.15) is 12.4 Å². The number of likely N-dealkylation sites (N-methyl/N-ethyl adjacent to an activating group) is 1. The average molecular weight is 344 g/mol. The molecule has 0 saturated heterocycles. The van der Waals surface area contributed by atoms with E-state index in [-0.39, 0.29) is 12.5 Å². The highest BCUT2D eigenvalue weighted by atomic mass is 79.9. The maximum Gasteiger partial charge on any atom is 0.325 e. The van der Waals surface area contributed by atoms with Crippen LogP contribution in [0.3, 0.4) is 0 Å². The predicted octanol–water partition coefficient (Wildman–Crippen LogP) is 2.62. The molecule has 0 aliphatic heterocycles. The summed E-state index contributed by atoms with van der Waals surface area (Å²) in [5.41, 5.74) is 0.293. The van der Waals surface area contributed by atoms with Crippen LogP contribution in [0.5, 0.6) is 0 Å². The summed E-state index contributed by atoms with van der Waals surface area (Å²) in [7, 11) is 1.26. The molecule has 0 N–H and O–H groups in total. The van der Waals surface area contributed by atoms with Crippen LogP contribution in [0.2, 0.25) is 0 Å². The Morgan fingerprint density at radius 3 is 2.75 bits per heavy atom. The first-order chi connectivity index (χ1) is 9.47. The summed E-state index contributed by atoms with van der Waals surface area (Å²) >= 11 is 3.23. The lowest BCUT2D eigenvalue weighted by atomic mass is 10.2. The monoisotopic (exact) mass is 343 g/mol. The number of benzene rings is 1. The van der Waals surface area contributed by atoms with Gasteiger partial charge in [-0.2, -0.15) is 0 Å². The van der Waals surface area contributed by atoms with Gasteiger partial charge in [-0.25, -0.2) is 4.39 Å². The van der Waals surface area contributed by atoms with E-state index in [1.165, 1.54) is 30.2 Å². The summed E-state index contributed by atoms with van der Waals surface area (Å²) in [4.78, 5) is 24.3. The predicted molar refractivity (Wildman–Crippen MR) is 77.4 cm³/mol. The van der Waals surface area contributed by atoms with E-state index in [0.717, 1.165) is 0 Å². The third-order valence-corrected chi connectivity index (χ3v) is 3.10. The zero-order valence-electron chi connectivity index (χ0n) is 11.2. The van der Waals surface area contributed by atoms with E-state index in [1.54, 1.807) is 19.1 Å². The van der Waals surface area contributed by atoms with Crippen molar-refractivity contribution in [2.45, 2.75) is 6.92 Å². The first-order valence-electron chi connectivity index (χ1n) is 5.96. The minimum Gasteiger partial charge on any atom is -0.468 e. The highest BCUT2D eigenvalue weighted by Gasteiger charge is 2.13. The number of methoxy groups -OCH3 is 1. The molecule has 1 aromatic carbocycles. The summed E-state index contributed by atoms with van der Waals surface area (Å²) in [6, 6.07) is 4.44. The van der Waals surface area contributed by atoms with Crippen LogP contribution in [0.1, 0.15) is 12.5 Å². The summed E-state index contributed by atoms with van der Waals surface area (Å²) in [6.45, 7) is 1.98. The maximum atomic E-state index is 13.5. The highest BCUT2D eigenvalue weighted by Crippen LogP contribution is 2.16. The molecule has 0 aliphatic rings. The van der Waals surface area contributed by atoms with Crippen molar-refractivity contribution in [1.29, 1.82) is 0 Å². The number of esters is 1. The third-order valence-electron chi connectivity index (χ3n) is 2.60. The fraction of sp³-hybridized carbons (Fsp3) is 0.286. The largest absolute Gasteiger partial charge is 0.468 e. The van der Waals surface area contributed by atoms with E-state index < -0.39 is 11.8 Å². The second-order valence-electron chi connectivity index (χ2n) is 3.93. The Morgan fingerprint density at radius 1 is 1.45 bits per heavy atom. The summed E-state index contributed by atoms with van der Waals surface area (Å²) < 4.78 is 18.7. The van der Waals surface area contributed by atoms with E-state index in [9.17, 15) is 14.0 Å². The van der Waals surface area contributed by atoms with Crippen molar-refractivity contribution in [3.63, 3.8) is 0 Å². The lowest BCUT2D eigenvalue weighted by Crippen LogP contribution is -2.34. The van der Waals surface area contributed by atoms with Crippen LogP contribution in [0.4, 0.5) is 4.39 Å². The van der Waals surface area contributed by atoms with Crippen LogP contribution in [0.15, 0.2) is 28.7 Å². The van der Waals surface area contributed by atoms with Crippen molar-refractivity contribution in [3.8, 4) is 0 Å². The Labute approximate surface area is 125 Å². The second kappa shape index (κ2) is 7.79. The smallest absolute Gasteiger partial charge is 0.325 e. The molecule has 0 radical (unpaired) electrons. The molecule has 0 fully saturated rings. The van der Waals surface area contributed by atoms with Gasteiger partial charge < -0.3 is 9.64 Å². The standard InChI is InChI=1S/C14H15BrFNO3/c1-3-17(9-14(19)20-2)13(18)7-4-10-8-11(15)5-6-12(10)16/h4-8H,3,9H2,1-2H3. The van der Waals surface area contributed by atoms with E-state index in [1.807, 2.05) is 0 Å². The first kappa shape index (κ1) is 16.4. The van der Waals surface area contributed by atoms with Crippen molar-refractivity contribution in [1.82, 2.24) is 4.90 Å². The van der Waals surface area contributed by atoms with E-state index in [0.29, 0.717) is 16.6 Å². The Hall–Kier alpha value is -1.69. The van der Waals surface area contributed by atoms with Gasteiger partial charge in [-0.1, -0.05) is 15.9 Å². The Morgan fingerprint density at radius 2 is 2.15 bits per heavy atom. The highest BCUT2D eigenvalue weighted by molar-refractivity contribution is 9.10. The Kier molecular flexibility index (Phi) is 6.38. The molecule has 0 unspecified atom stereocenters. The van der Waals surface area contributed by atoms with Crippen molar-refractivity contribution in [2.75, 3.05) is 20.2 Å². The van der Waals surface area contributed by atoms with Crippen LogP contribution >= 0.6 is 15.9 Å². The van der Waals surface area contributed by atoms with Gasteiger partial charge >= 0.3 is 5.97 Å². The zero-order valence-corrected chi connectivity index (χ0v) is 12.8. The molecule has 6 heteroatoms. The summed E-state index contributed by atoms with van der Waals surface area (Å²) in [5.74, 6) is -1.30. The number of rotatable bonds is 5. The normalized spacial score (nSPS) is 10.6. The number of carbonyl (C=O) groups is 2. The van der Waals surface area contributed by atoms with Crippen LogP contribution in [0.25, 0.3) is 6.08 Å². The third kappa shape index (κ3) is 4.77. The number of hydrogen-bond donors (Lipinski definition) is 0. The molecule has 1 amide bonds. The molecule has 4 nitrogen and oxygen atoms in total. The molecule has 0 saturated carbocycles. The van der Waals surface area contributed by atoms with Gasteiger partial charge in [-0.05, 0) is 31.2 Å². The minimum atomic E-state index is -0.498. The van der Waals surface area contributed by atoms with Gasteiger partial charge in [0, 0.05) is 22.7 Å². The van der Waals surface area contributed by atoms with Gasteiger partial charge in [0.2, 0.25) is 5.91 Å². The van der Waals surface area contributed by atoms with Gasteiger partial charge in [0.15, 0.2) is 0 Å².